The standard InChI is InChI=1S/C14H11ClN2O4/c15-12-8-11(6-7-13(12)17(19)20)21-9-14(18)16-10-4-2-1-3-5-10/h1-8H,9H2,(H,16,18). The van der Waals surface area contributed by atoms with E-state index in [-0.39, 0.29) is 29.0 Å². The van der Waals surface area contributed by atoms with Crippen LogP contribution in [0.25, 0.3) is 0 Å². The lowest BCUT2D eigenvalue weighted by Crippen LogP contribution is -2.20. The van der Waals surface area contributed by atoms with Crippen molar-refractivity contribution < 1.29 is 14.5 Å². The van der Waals surface area contributed by atoms with Gasteiger partial charge in [-0.15, -0.1) is 0 Å². The first-order chi connectivity index (χ1) is 10.1. The number of nitrogens with one attached hydrogen (secondary N) is 1. The number of amides is 1. The first-order valence-corrected chi connectivity index (χ1v) is 6.35. The monoisotopic (exact) mass is 306 g/mol. The number of hydrogen-bond acceptors (Lipinski definition) is 4. The van der Waals surface area contributed by atoms with Crippen molar-refractivity contribution in [1.29, 1.82) is 0 Å². The molecule has 2 aromatic rings. The van der Waals surface area contributed by atoms with Gasteiger partial charge in [0.2, 0.25) is 0 Å². The summed E-state index contributed by atoms with van der Waals surface area (Å²) < 4.78 is 5.24. The summed E-state index contributed by atoms with van der Waals surface area (Å²) in [6.45, 7) is -0.219. The van der Waals surface area contributed by atoms with E-state index in [2.05, 4.69) is 5.32 Å². The molecule has 0 spiro atoms. The maximum Gasteiger partial charge on any atom is 0.288 e. The fraction of sp³-hybridized carbons (Fsp3) is 0.0714. The first kappa shape index (κ1) is 14.8. The summed E-state index contributed by atoms with van der Waals surface area (Å²) in [7, 11) is 0. The smallest absolute Gasteiger partial charge is 0.288 e. The minimum atomic E-state index is -0.589. The predicted octanol–water partition coefficient (Wildman–Crippen LogP) is 3.27. The number of nitrogens with zero attached hydrogens (tertiary/aromatic N) is 1. The molecular formula is C14H11ClN2O4. The van der Waals surface area contributed by atoms with Gasteiger partial charge in [0, 0.05) is 17.8 Å². The van der Waals surface area contributed by atoms with Crippen LogP contribution < -0.4 is 10.1 Å². The van der Waals surface area contributed by atoms with Gasteiger partial charge in [-0.1, -0.05) is 29.8 Å². The summed E-state index contributed by atoms with van der Waals surface area (Å²) in [6.07, 6.45) is 0. The van der Waals surface area contributed by atoms with Crippen molar-refractivity contribution >= 4 is 28.9 Å². The van der Waals surface area contributed by atoms with Crippen LogP contribution in [-0.2, 0) is 4.79 Å². The molecule has 1 N–H and O–H groups in total. The predicted molar refractivity (Wildman–Crippen MR) is 78.7 cm³/mol. The average molecular weight is 307 g/mol. The molecule has 7 heteroatoms. The zero-order valence-electron chi connectivity index (χ0n) is 10.8. The van der Waals surface area contributed by atoms with Crippen LogP contribution in [0.2, 0.25) is 5.02 Å². The van der Waals surface area contributed by atoms with Gasteiger partial charge < -0.3 is 10.1 Å². The van der Waals surface area contributed by atoms with E-state index in [1.807, 2.05) is 6.07 Å². The van der Waals surface area contributed by atoms with Crippen LogP contribution in [0.15, 0.2) is 48.5 Å². The van der Waals surface area contributed by atoms with Crippen molar-refractivity contribution in [3.05, 3.63) is 63.7 Å². The van der Waals surface area contributed by atoms with Crippen molar-refractivity contribution in [3.8, 4) is 5.75 Å². The molecule has 0 saturated carbocycles. The normalized spacial score (nSPS) is 9.95. The third kappa shape index (κ3) is 4.19. The van der Waals surface area contributed by atoms with Crippen LogP contribution in [-0.4, -0.2) is 17.4 Å². The number of hydrogen-bond donors (Lipinski definition) is 1. The van der Waals surface area contributed by atoms with Gasteiger partial charge >= 0.3 is 0 Å². The largest absolute Gasteiger partial charge is 0.484 e. The molecule has 0 bridgehead atoms. The fourth-order valence-corrected chi connectivity index (χ4v) is 1.83. The van der Waals surface area contributed by atoms with E-state index >= 15 is 0 Å². The Kier molecular flexibility index (Phi) is 4.73. The Bertz CT molecular complexity index is 661. The van der Waals surface area contributed by atoms with E-state index in [1.165, 1.54) is 18.2 Å². The molecule has 6 nitrogen and oxygen atoms in total. The second-order valence-electron chi connectivity index (χ2n) is 4.07. The Hall–Kier alpha value is -2.60. The molecule has 0 aliphatic carbocycles. The molecule has 108 valence electrons. The molecule has 0 aliphatic rings. The van der Waals surface area contributed by atoms with Gasteiger partial charge in [-0.2, -0.15) is 0 Å². The number of rotatable bonds is 5. The molecule has 0 heterocycles. The van der Waals surface area contributed by atoms with Gasteiger partial charge in [0.15, 0.2) is 6.61 Å². The fourth-order valence-electron chi connectivity index (χ4n) is 1.59. The zero-order valence-corrected chi connectivity index (χ0v) is 11.5. The lowest BCUT2D eigenvalue weighted by molar-refractivity contribution is -0.384. The quantitative estimate of drug-likeness (QED) is 0.679. The van der Waals surface area contributed by atoms with Crippen LogP contribution in [0.5, 0.6) is 5.75 Å². The summed E-state index contributed by atoms with van der Waals surface area (Å²) in [6, 6.07) is 12.9. The molecule has 0 atom stereocenters. The molecule has 0 fully saturated rings. The number of carbonyl (C=O) groups is 1. The Morgan fingerprint density at radius 2 is 1.95 bits per heavy atom. The molecule has 1 amide bonds. The summed E-state index contributed by atoms with van der Waals surface area (Å²) >= 11 is 5.75. The molecule has 2 aromatic carbocycles. The molecule has 0 aromatic heterocycles. The van der Waals surface area contributed by atoms with Gasteiger partial charge in [-0.05, 0) is 18.2 Å². The van der Waals surface area contributed by atoms with Crippen LogP contribution in [0, 0.1) is 10.1 Å². The van der Waals surface area contributed by atoms with Gasteiger partial charge in [-0.3, -0.25) is 14.9 Å². The summed E-state index contributed by atoms with van der Waals surface area (Å²) in [4.78, 5) is 21.7. The lowest BCUT2D eigenvalue weighted by atomic mass is 10.3. The minimum Gasteiger partial charge on any atom is -0.484 e. The van der Waals surface area contributed by atoms with Gasteiger partial charge in [0.1, 0.15) is 10.8 Å². The molecule has 2 rings (SSSR count). The van der Waals surface area contributed by atoms with E-state index < -0.39 is 4.92 Å². The maximum absolute atomic E-state index is 11.7. The number of benzene rings is 2. The van der Waals surface area contributed by atoms with E-state index in [0.717, 1.165) is 0 Å². The Morgan fingerprint density at radius 3 is 2.57 bits per heavy atom. The number of nitro groups is 1. The third-order valence-corrected chi connectivity index (χ3v) is 2.85. The first-order valence-electron chi connectivity index (χ1n) is 5.98. The minimum absolute atomic E-state index is 0.0408. The summed E-state index contributed by atoms with van der Waals surface area (Å²) in [5.41, 5.74) is 0.450. The van der Waals surface area contributed by atoms with Crippen LogP contribution in [0.4, 0.5) is 11.4 Å². The Morgan fingerprint density at radius 1 is 1.24 bits per heavy atom. The highest BCUT2D eigenvalue weighted by Crippen LogP contribution is 2.28. The number of para-hydroxylation sites is 1. The number of nitro benzene ring substituents is 1. The van der Waals surface area contributed by atoms with Crippen LogP contribution in [0.1, 0.15) is 0 Å². The topological polar surface area (TPSA) is 81.5 Å². The second kappa shape index (κ2) is 6.71. The van der Waals surface area contributed by atoms with Crippen LogP contribution >= 0.6 is 11.6 Å². The highest BCUT2D eigenvalue weighted by atomic mass is 35.5. The second-order valence-corrected chi connectivity index (χ2v) is 4.48. The van der Waals surface area contributed by atoms with E-state index in [9.17, 15) is 14.9 Å². The van der Waals surface area contributed by atoms with Crippen molar-refractivity contribution in [2.75, 3.05) is 11.9 Å². The lowest BCUT2D eigenvalue weighted by Gasteiger charge is -2.07. The zero-order chi connectivity index (χ0) is 15.2. The number of carbonyl (C=O) groups excluding carboxylic acids is 1. The Balaban J connectivity index is 1.92. The van der Waals surface area contributed by atoms with Crippen molar-refractivity contribution in [3.63, 3.8) is 0 Å². The van der Waals surface area contributed by atoms with E-state index in [0.29, 0.717) is 5.69 Å². The SMILES string of the molecule is O=C(COc1ccc([N+](=O)[O-])c(Cl)c1)Nc1ccccc1. The molecule has 0 saturated heterocycles. The van der Waals surface area contributed by atoms with E-state index in [1.54, 1.807) is 24.3 Å². The molecule has 0 radical (unpaired) electrons. The highest BCUT2D eigenvalue weighted by Gasteiger charge is 2.13. The highest BCUT2D eigenvalue weighted by molar-refractivity contribution is 6.32. The third-order valence-electron chi connectivity index (χ3n) is 2.54. The number of anilines is 1. The van der Waals surface area contributed by atoms with E-state index in [4.69, 9.17) is 16.3 Å². The average Bonchev–Trinajstić information content (AvgIpc) is 2.46. The van der Waals surface area contributed by atoms with Crippen molar-refractivity contribution in [1.82, 2.24) is 0 Å². The maximum atomic E-state index is 11.7. The molecule has 0 aliphatic heterocycles. The Labute approximate surface area is 125 Å². The molecule has 21 heavy (non-hydrogen) atoms. The summed E-state index contributed by atoms with van der Waals surface area (Å²) in [5, 5.41) is 13.2. The molecular weight excluding hydrogens is 296 g/mol. The number of halogens is 1. The van der Waals surface area contributed by atoms with Crippen molar-refractivity contribution in [2.24, 2.45) is 0 Å². The summed E-state index contributed by atoms with van der Waals surface area (Å²) in [5.74, 6) is -0.0514. The van der Waals surface area contributed by atoms with Gasteiger partial charge in [-0.25, -0.2) is 0 Å². The number of ether oxygens (including phenoxy) is 1. The molecule has 0 unspecified atom stereocenters. The van der Waals surface area contributed by atoms with Gasteiger partial charge in [0.05, 0.1) is 4.92 Å². The van der Waals surface area contributed by atoms with Crippen LogP contribution in [0.3, 0.4) is 0 Å². The van der Waals surface area contributed by atoms with Gasteiger partial charge in [0.25, 0.3) is 11.6 Å². The van der Waals surface area contributed by atoms with Crippen molar-refractivity contribution in [2.45, 2.75) is 0 Å².